The van der Waals surface area contributed by atoms with Gasteiger partial charge in [-0.15, -0.1) is 0 Å². The van der Waals surface area contributed by atoms with E-state index in [2.05, 4.69) is 9.97 Å². The Morgan fingerprint density at radius 2 is 2.21 bits per heavy atom. The Labute approximate surface area is 82.2 Å². The largest absolute Gasteiger partial charge is 0.335 e. The molecule has 0 unspecified atom stereocenters. The van der Waals surface area contributed by atoms with Gasteiger partial charge in [-0.2, -0.15) is 0 Å². The number of fused-ring (bicyclic) bond motifs is 1. The first-order valence-corrected chi connectivity index (χ1v) is 4.79. The number of H-pyrrole nitrogens is 1. The minimum atomic E-state index is 0.0868. The van der Waals surface area contributed by atoms with Crippen LogP contribution < -0.4 is 0 Å². The summed E-state index contributed by atoms with van der Waals surface area (Å²) in [5.41, 5.74) is 1.78. The van der Waals surface area contributed by atoms with Gasteiger partial charge >= 0.3 is 0 Å². The Balaban J connectivity index is 2.40. The van der Waals surface area contributed by atoms with Crippen molar-refractivity contribution in [3.8, 4) is 0 Å². The maximum Gasteiger partial charge on any atom is 0.198 e. The zero-order chi connectivity index (χ0) is 9.97. The van der Waals surface area contributed by atoms with Crippen LogP contribution in [-0.2, 0) is 0 Å². The Morgan fingerprint density at radius 3 is 2.93 bits per heavy atom. The number of Topliss-reactive ketones (excluding diaryl/α,β-unsaturated/α-hetero) is 1. The van der Waals surface area contributed by atoms with Crippen LogP contribution in [0.25, 0.3) is 11.0 Å². The molecule has 0 radical (unpaired) electrons. The molecule has 2 aromatic rings. The van der Waals surface area contributed by atoms with Gasteiger partial charge in [0.25, 0.3) is 0 Å². The average molecular weight is 188 g/mol. The predicted molar refractivity (Wildman–Crippen MR) is 55.3 cm³/mol. The number of carbonyl (C=O) groups excluding carboxylic acids is 1. The van der Waals surface area contributed by atoms with Gasteiger partial charge in [0.15, 0.2) is 11.6 Å². The quantitative estimate of drug-likeness (QED) is 0.752. The number of imidazole rings is 1. The molecule has 0 saturated heterocycles. The number of nitrogens with zero attached hydrogens (tertiary/aromatic N) is 1. The van der Waals surface area contributed by atoms with Gasteiger partial charge in [-0.1, -0.05) is 19.1 Å². The molecule has 0 bridgehead atoms. The molecule has 0 aliphatic rings. The van der Waals surface area contributed by atoms with Crippen LogP contribution in [0.5, 0.6) is 0 Å². The molecule has 3 heteroatoms. The molecule has 1 heterocycles. The molecule has 3 nitrogen and oxygen atoms in total. The fraction of sp³-hybridized carbons (Fsp3) is 0.273. The number of aromatic nitrogens is 2. The van der Waals surface area contributed by atoms with E-state index in [1.807, 2.05) is 31.2 Å². The number of para-hydroxylation sites is 2. The molecule has 0 fully saturated rings. The Kier molecular flexibility index (Phi) is 2.31. The maximum atomic E-state index is 11.5. The number of benzene rings is 1. The van der Waals surface area contributed by atoms with Gasteiger partial charge in [0.2, 0.25) is 0 Å². The van der Waals surface area contributed by atoms with Crippen molar-refractivity contribution in [2.24, 2.45) is 0 Å². The summed E-state index contributed by atoms with van der Waals surface area (Å²) in [5.74, 6) is 0.566. The molecule has 0 amide bonds. The van der Waals surface area contributed by atoms with Crippen LogP contribution in [0.4, 0.5) is 0 Å². The first kappa shape index (κ1) is 8.94. The molecule has 0 aliphatic carbocycles. The minimum Gasteiger partial charge on any atom is -0.335 e. The highest BCUT2D eigenvalue weighted by molar-refractivity contribution is 5.95. The maximum absolute atomic E-state index is 11.5. The monoisotopic (exact) mass is 188 g/mol. The molecule has 0 spiro atoms. The fourth-order valence-electron chi connectivity index (χ4n) is 1.43. The summed E-state index contributed by atoms with van der Waals surface area (Å²) in [6.45, 7) is 1.99. The third-order valence-corrected chi connectivity index (χ3v) is 2.13. The molecular formula is C11H12N2O. The second kappa shape index (κ2) is 3.62. The van der Waals surface area contributed by atoms with Crippen LogP contribution >= 0.6 is 0 Å². The molecular weight excluding hydrogens is 176 g/mol. The first-order valence-electron chi connectivity index (χ1n) is 4.79. The zero-order valence-electron chi connectivity index (χ0n) is 8.08. The van der Waals surface area contributed by atoms with Crippen molar-refractivity contribution in [3.63, 3.8) is 0 Å². The van der Waals surface area contributed by atoms with Crippen LogP contribution in [0.3, 0.4) is 0 Å². The van der Waals surface area contributed by atoms with E-state index in [0.29, 0.717) is 12.2 Å². The Bertz CT molecular complexity index is 426. The molecule has 1 aromatic heterocycles. The molecule has 72 valence electrons. The number of nitrogens with one attached hydrogen (secondary N) is 1. The number of hydrogen-bond donors (Lipinski definition) is 1. The molecule has 14 heavy (non-hydrogen) atoms. The van der Waals surface area contributed by atoms with Crippen molar-refractivity contribution < 1.29 is 4.79 Å². The third kappa shape index (κ3) is 1.53. The van der Waals surface area contributed by atoms with E-state index >= 15 is 0 Å². The summed E-state index contributed by atoms with van der Waals surface area (Å²) in [5, 5.41) is 0. The third-order valence-electron chi connectivity index (χ3n) is 2.13. The molecule has 0 saturated carbocycles. The van der Waals surface area contributed by atoms with Crippen LogP contribution in [0.15, 0.2) is 24.3 Å². The van der Waals surface area contributed by atoms with Gasteiger partial charge < -0.3 is 4.98 Å². The van der Waals surface area contributed by atoms with Gasteiger partial charge in [-0.3, -0.25) is 4.79 Å². The average Bonchev–Trinajstić information content (AvgIpc) is 2.61. The second-order valence-electron chi connectivity index (χ2n) is 3.28. The number of rotatable bonds is 3. The van der Waals surface area contributed by atoms with Crippen LogP contribution in [0.2, 0.25) is 0 Å². The highest BCUT2D eigenvalue weighted by Gasteiger charge is 2.09. The van der Waals surface area contributed by atoms with Crippen LogP contribution in [0, 0.1) is 0 Å². The van der Waals surface area contributed by atoms with Crippen LogP contribution in [0.1, 0.15) is 30.4 Å². The van der Waals surface area contributed by atoms with Gasteiger partial charge in [-0.25, -0.2) is 4.98 Å². The number of aromatic amines is 1. The Morgan fingerprint density at radius 1 is 1.43 bits per heavy atom. The Hall–Kier alpha value is -1.64. The number of ketones is 1. The minimum absolute atomic E-state index is 0.0868. The molecule has 2 rings (SSSR count). The molecule has 1 aromatic carbocycles. The summed E-state index contributed by atoms with van der Waals surface area (Å²) in [6, 6.07) is 7.66. The van der Waals surface area contributed by atoms with Crippen molar-refractivity contribution in [1.82, 2.24) is 9.97 Å². The van der Waals surface area contributed by atoms with Crippen molar-refractivity contribution in [1.29, 1.82) is 0 Å². The lowest BCUT2D eigenvalue weighted by atomic mass is 10.2. The lowest BCUT2D eigenvalue weighted by Crippen LogP contribution is -2.00. The zero-order valence-corrected chi connectivity index (χ0v) is 8.08. The molecule has 0 aliphatic heterocycles. The van der Waals surface area contributed by atoms with Gasteiger partial charge in [0.1, 0.15) is 0 Å². The van der Waals surface area contributed by atoms with E-state index in [1.54, 1.807) is 0 Å². The highest BCUT2D eigenvalue weighted by Crippen LogP contribution is 2.11. The van der Waals surface area contributed by atoms with E-state index < -0.39 is 0 Å². The van der Waals surface area contributed by atoms with Crippen molar-refractivity contribution in [3.05, 3.63) is 30.1 Å². The standard InChI is InChI=1S/C11H12N2O/c1-2-5-10(14)11-12-8-6-3-4-7-9(8)13-11/h3-4,6-7H,2,5H2,1H3,(H,12,13). The summed E-state index contributed by atoms with van der Waals surface area (Å²) in [4.78, 5) is 18.8. The topological polar surface area (TPSA) is 45.8 Å². The smallest absolute Gasteiger partial charge is 0.198 e. The van der Waals surface area contributed by atoms with E-state index in [4.69, 9.17) is 0 Å². The van der Waals surface area contributed by atoms with Crippen molar-refractivity contribution in [2.45, 2.75) is 19.8 Å². The van der Waals surface area contributed by atoms with Crippen LogP contribution in [-0.4, -0.2) is 15.8 Å². The van der Waals surface area contributed by atoms with Crippen molar-refractivity contribution >= 4 is 16.8 Å². The normalized spacial score (nSPS) is 10.6. The second-order valence-corrected chi connectivity index (χ2v) is 3.28. The van der Waals surface area contributed by atoms with E-state index in [0.717, 1.165) is 17.5 Å². The predicted octanol–water partition coefficient (Wildman–Crippen LogP) is 2.55. The van der Waals surface area contributed by atoms with Gasteiger partial charge in [0, 0.05) is 6.42 Å². The first-order chi connectivity index (χ1) is 6.81. The van der Waals surface area contributed by atoms with E-state index in [9.17, 15) is 4.79 Å². The van der Waals surface area contributed by atoms with Crippen molar-refractivity contribution in [2.75, 3.05) is 0 Å². The fourth-order valence-corrected chi connectivity index (χ4v) is 1.43. The lowest BCUT2D eigenvalue weighted by Gasteiger charge is -1.90. The molecule has 1 N–H and O–H groups in total. The SMILES string of the molecule is CCCC(=O)c1nc2ccccc2[nH]1. The number of carbonyl (C=O) groups is 1. The van der Waals surface area contributed by atoms with E-state index in [1.165, 1.54) is 0 Å². The summed E-state index contributed by atoms with van der Waals surface area (Å²) < 4.78 is 0. The summed E-state index contributed by atoms with van der Waals surface area (Å²) >= 11 is 0. The highest BCUT2D eigenvalue weighted by atomic mass is 16.1. The summed E-state index contributed by atoms with van der Waals surface area (Å²) in [7, 11) is 0. The number of hydrogen-bond acceptors (Lipinski definition) is 2. The van der Waals surface area contributed by atoms with Gasteiger partial charge in [-0.05, 0) is 18.6 Å². The van der Waals surface area contributed by atoms with E-state index in [-0.39, 0.29) is 5.78 Å². The molecule has 0 atom stereocenters. The lowest BCUT2D eigenvalue weighted by molar-refractivity contribution is 0.0973. The summed E-state index contributed by atoms with van der Waals surface area (Å²) in [6.07, 6.45) is 1.41. The van der Waals surface area contributed by atoms with Gasteiger partial charge in [0.05, 0.1) is 11.0 Å².